The fourth-order valence-corrected chi connectivity index (χ4v) is 1.02. The first-order valence-corrected chi connectivity index (χ1v) is 4.01. The van der Waals surface area contributed by atoms with E-state index < -0.39 is 0 Å². The molecule has 0 aliphatic heterocycles. The van der Waals surface area contributed by atoms with Gasteiger partial charge in [-0.15, -0.1) is 0 Å². The van der Waals surface area contributed by atoms with Crippen molar-refractivity contribution in [2.24, 2.45) is 0 Å². The molecule has 0 aliphatic rings. The highest BCUT2D eigenvalue weighted by molar-refractivity contribution is 5.24. The maximum Gasteiger partial charge on any atom is -0.0238 e. The van der Waals surface area contributed by atoms with E-state index in [0.717, 1.165) is 18.4 Å². The van der Waals surface area contributed by atoms with E-state index in [1.807, 2.05) is 0 Å². The van der Waals surface area contributed by atoms with Crippen LogP contribution in [0, 0.1) is 13.3 Å². The van der Waals surface area contributed by atoms with Crippen LogP contribution in [0.4, 0.5) is 0 Å². The van der Waals surface area contributed by atoms with Gasteiger partial charge in [0.2, 0.25) is 0 Å². The smallest absolute Gasteiger partial charge is 0.0238 e. The highest BCUT2D eigenvalue weighted by Gasteiger charge is 1.90. The maximum atomic E-state index is 3.83. The molecule has 0 heteroatoms. The highest BCUT2D eigenvalue weighted by atomic mass is 14.0. The molecular formula is C11H14. The van der Waals surface area contributed by atoms with Crippen molar-refractivity contribution in [2.75, 3.05) is 0 Å². The number of hydrogen-bond acceptors (Lipinski definition) is 0. The summed E-state index contributed by atoms with van der Waals surface area (Å²) in [5, 5.41) is 0. The first kappa shape index (κ1) is 8.32. The topological polar surface area (TPSA) is 0 Å². The summed E-state index contributed by atoms with van der Waals surface area (Å²) in [4.78, 5) is 0. The van der Waals surface area contributed by atoms with Crippen LogP contribution in [-0.2, 0) is 6.42 Å². The Kier molecular flexibility index (Phi) is 3.15. The summed E-state index contributed by atoms with van der Waals surface area (Å²) in [7, 11) is 0. The van der Waals surface area contributed by atoms with Gasteiger partial charge in [-0.25, -0.2) is 0 Å². The van der Waals surface area contributed by atoms with Crippen LogP contribution in [0.15, 0.2) is 24.3 Å². The van der Waals surface area contributed by atoms with Crippen LogP contribution in [0.25, 0.3) is 0 Å². The molecule has 0 aliphatic carbocycles. The Morgan fingerprint density at radius 3 is 2.45 bits per heavy atom. The average molecular weight is 146 g/mol. The molecule has 2 radical (unpaired) electrons. The van der Waals surface area contributed by atoms with Crippen LogP contribution >= 0.6 is 0 Å². The minimum Gasteiger partial charge on any atom is -0.0622 e. The predicted octanol–water partition coefficient (Wildman–Crippen LogP) is 3.03. The Balaban J connectivity index is 2.52. The largest absolute Gasteiger partial charge is 0.0622 e. The normalized spacial score (nSPS) is 10.0. The number of hydrogen-bond donors (Lipinski definition) is 0. The SMILES string of the molecule is [CH2]c1ccc(CC[CH]C)cc1. The molecule has 0 bridgehead atoms. The van der Waals surface area contributed by atoms with Crippen LogP contribution < -0.4 is 0 Å². The Hall–Kier alpha value is -0.780. The minimum absolute atomic E-state index is 1.09. The molecule has 1 rings (SSSR count). The summed E-state index contributed by atoms with van der Waals surface area (Å²) in [5.41, 5.74) is 2.49. The van der Waals surface area contributed by atoms with Crippen molar-refractivity contribution in [2.45, 2.75) is 19.8 Å². The third-order valence-electron chi connectivity index (χ3n) is 1.74. The molecule has 11 heavy (non-hydrogen) atoms. The number of aryl methyl sites for hydroxylation is 1. The average Bonchev–Trinajstić information content (AvgIpc) is 2.04. The van der Waals surface area contributed by atoms with E-state index in [0.29, 0.717) is 0 Å². The molecule has 0 spiro atoms. The summed E-state index contributed by atoms with van der Waals surface area (Å²) in [6, 6.07) is 8.41. The van der Waals surface area contributed by atoms with Crippen molar-refractivity contribution in [1.82, 2.24) is 0 Å². The Labute approximate surface area is 69.3 Å². The molecule has 58 valence electrons. The Morgan fingerprint density at radius 1 is 1.27 bits per heavy atom. The van der Waals surface area contributed by atoms with Crippen molar-refractivity contribution in [3.8, 4) is 0 Å². The van der Waals surface area contributed by atoms with Gasteiger partial charge in [0.15, 0.2) is 0 Å². The van der Waals surface area contributed by atoms with Gasteiger partial charge in [0.25, 0.3) is 0 Å². The Bertz CT molecular complexity index is 196. The first-order chi connectivity index (χ1) is 5.33. The van der Waals surface area contributed by atoms with Gasteiger partial charge in [-0.1, -0.05) is 31.2 Å². The van der Waals surface area contributed by atoms with Gasteiger partial charge in [-0.05, 0) is 37.3 Å². The van der Waals surface area contributed by atoms with Gasteiger partial charge in [0.05, 0.1) is 0 Å². The molecule has 0 heterocycles. The summed E-state index contributed by atoms with van der Waals surface area (Å²) in [6.07, 6.45) is 4.51. The third-order valence-corrected chi connectivity index (χ3v) is 1.74. The molecule has 0 amide bonds. The Morgan fingerprint density at radius 2 is 1.91 bits per heavy atom. The van der Waals surface area contributed by atoms with Gasteiger partial charge in [-0.2, -0.15) is 0 Å². The zero-order valence-electron chi connectivity index (χ0n) is 7.01. The fourth-order valence-electron chi connectivity index (χ4n) is 1.02. The van der Waals surface area contributed by atoms with E-state index in [9.17, 15) is 0 Å². The van der Waals surface area contributed by atoms with E-state index in [1.54, 1.807) is 0 Å². The summed E-state index contributed by atoms with van der Waals surface area (Å²) < 4.78 is 0. The molecular weight excluding hydrogens is 132 g/mol. The standard InChI is InChI=1S/C11H14/c1-3-4-5-11-8-6-10(2)7-9-11/h3,6-9H,2,4-5H2,1H3. The quantitative estimate of drug-likeness (QED) is 0.615. The molecule has 0 unspecified atom stereocenters. The highest BCUT2D eigenvalue weighted by Crippen LogP contribution is 2.06. The van der Waals surface area contributed by atoms with Crippen molar-refractivity contribution in [1.29, 1.82) is 0 Å². The van der Waals surface area contributed by atoms with Crippen molar-refractivity contribution < 1.29 is 0 Å². The lowest BCUT2D eigenvalue weighted by atomic mass is 10.1. The van der Waals surface area contributed by atoms with Crippen LogP contribution in [0.2, 0.25) is 0 Å². The molecule has 0 N–H and O–H groups in total. The monoisotopic (exact) mass is 146 g/mol. The van der Waals surface area contributed by atoms with E-state index in [1.165, 1.54) is 5.56 Å². The second kappa shape index (κ2) is 4.17. The second-order valence-corrected chi connectivity index (χ2v) is 2.76. The lowest BCUT2D eigenvalue weighted by molar-refractivity contribution is 0.936. The minimum atomic E-state index is 1.09. The molecule has 0 aromatic heterocycles. The molecule has 0 saturated carbocycles. The third kappa shape index (κ3) is 2.75. The van der Waals surface area contributed by atoms with Gasteiger partial charge < -0.3 is 0 Å². The van der Waals surface area contributed by atoms with Gasteiger partial charge in [-0.3, -0.25) is 0 Å². The predicted molar refractivity (Wildman–Crippen MR) is 49.2 cm³/mol. The number of unbranched alkanes of at least 4 members (excludes halogenated alkanes) is 1. The van der Waals surface area contributed by atoms with Crippen molar-refractivity contribution in [3.05, 3.63) is 48.7 Å². The van der Waals surface area contributed by atoms with Crippen molar-refractivity contribution in [3.63, 3.8) is 0 Å². The lowest BCUT2D eigenvalue weighted by Crippen LogP contribution is -1.83. The number of rotatable bonds is 3. The maximum absolute atomic E-state index is 3.83. The summed E-state index contributed by atoms with van der Waals surface area (Å²) in [5.74, 6) is 0. The summed E-state index contributed by atoms with van der Waals surface area (Å²) >= 11 is 0. The first-order valence-electron chi connectivity index (χ1n) is 4.01. The van der Waals surface area contributed by atoms with E-state index in [-0.39, 0.29) is 0 Å². The zero-order valence-corrected chi connectivity index (χ0v) is 7.01. The fraction of sp³-hybridized carbons (Fsp3) is 0.273. The van der Waals surface area contributed by atoms with Crippen LogP contribution in [0.3, 0.4) is 0 Å². The van der Waals surface area contributed by atoms with Crippen LogP contribution in [0.5, 0.6) is 0 Å². The molecule has 1 aromatic rings. The zero-order chi connectivity index (χ0) is 8.10. The van der Waals surface area contributed by atoms with Gasteiger partial charge >= 0.3 is 0 Å². The van der Waals surface area contributed by atoms with Gasteiger partial charge in [0.1, 0.15) is 0 Å². The number of benzene rings is 1. The molecule has 0 nitrogen and oxygen atoms in total. The van der Waals surface area contributed by atoms with E-state index in [2.05, 4.69) is 44.5 Å². The second-order valence-electron chi connectivity index (χ2n) is 2.76. The van der Waals surface area contributed by atoms with E-state index >= 15 is 0 Å². The lowest BCUT2D eigenvalue weighted by Gasteiger charge is -1.98. The van der Waals surface area contributed by atoms with Crippen molar-refractivity contribution >= 4 is 0 Å². The van der Waals surface area contributed by atoms with Crippen LogP contribution in [0.1, 0.15) is 24.5 Å². The molecule has 0 atom stereocenters. The van der Waals surface area contributed by atoms with E-state index in [4.69, 9.17) is 0 Å². The molecule has 0 fully saturated rings. The summed E-state index contributed by atoms with van der Waals surface area (Å²) in [6.45, 7) is 5.93. The molecule has 0 saturated heterocycles. The van der Waals surface area contributed by atoms with Gasteiger partial charge in [0, 0.05) is 0 Å². The molecule has 1 aromatic carbocycles. The van der Waals surface area contributed by atoms with Crippen LogP contribution in [-0.4, -0.2) is 0 Å².